The first-order chi connectivity index (χ1) is 12.5. The average Bonchev–Trinajstić information content (AvgIpc) is 3.12. The van der Waals surface area contributed by atoms with Crippen molar-refractivity contribution >= 4 is 11.8 Å². The lowest BCUT2D eigenvalue weighted by Crippen LogP contribution is -2.37. The molecule has 1 saturated carbocycles. The van der Waals surface area contributed by atoms with Gasteiger partial charge >= 0.3 is 0 Å². The number of rotatable bonds is 6. The van der Waals surface area contributed by atoms with Crippen LogP contribution in [0.2, 0.25) is 0 Å². The fraction of sp³-hybridized carbons (Fsp3) is 0.611. The lowest BCUT2D eigenvalue weighted by molar-refractivity contribution is 0.143. The van der Waals surface area contributed by atoms with Gasteiger partial charge in [0.25, 0.3) is 0 Å². The quantitative estimate of drug-likeness (QED) is 0.813. The van der Waals surface area contributed by atoms with Gasteiger partial charge in [0.2, 0.25) is 12.3 Å². The summed E-state index contributed by atoms with van der Waals surface area (Å²) in [6.45, 7) is 7.51. The molecule has 0 bridgehead atoms. The van der Waals surface area contributed by atoms with E-state index < -0.39 is 0 Å². The van der Waals surface area contributed by atoms with E-state index in [1.54, 1.807) is 6.20 Å². The van der Waals surface area contributed by atoms with Crippen LogP contribution in [0, 0.1) is 22.7 Å². The topological polar surface area (TPSA) is 113 Å². The van der Waals surface area contributed by atoms with Crippen molar-refractivity contribution in [3.05, 3.63) is 24.0 Å². The third kappa shape index (κ3) is 4.28. The number of anilines is 2. The fourth-order valence-electron chi connectivity index (χ4n) is 3.34. The molecule has 8 nitrogen and oxygen atoms in total. The monoisotopic (exact) mass is 355 g/mol. The molecule has 0 aliphatic heterocycles. The van der Waals surface area contributed by atoms with Crippen molar-refractivity contribution in [2.24, 2.45) is 11.3 Å². The summed E-state index contributed by atoms with van der Waals surface area (Å²) in [5, 5.41) is 19.7. The van der Waals surface area contributed by atoms with E-state index in [0.29, 0.717) is 48.1 Å². The van der Waals surface area contributed by atoms with Gasteiger partial charge in [0.1, 0.15) is 17.5 Å². The van der Waals surface area contributed by atoms with Crippen LogP contribution in [-0.2, 0) is 6.42 Å². The van der Waals surface area contributed by atoms with Crippen LogP contribution in [0.1, 0.15) is 51.4 Å². The summed E-state index contributed by atoms with van der Waals surface area (Å²) in [6.07, 6.45) is 6.79. The van der Waals surface area contributed by atoms with Crippen LogP contribution in [0.3, 0.4) is 0 Å². The molecule has 1 aliphatic carbocycles. The average molecular weight is 355 g/mol. The van der Waals surface area contributed by atoms with Gasteiger partial charge in [-0.25, -0.2) is 4.98 Å². The molecular weight excluding hydrogens is 330 g/mol. The maximum Gasteiger partial charge on any atom is 0.224 e. The van der Waals surface area contributed by atoms with Gasteiger partial charge in [-0.05, 0) is 30.6 Å². The number of hydrogen-bond acceptors (Lipinski definition) is 8. The predicted octanol–water partition coefficient (Wildman–Crippen LogP) is 3.01. The SMILES string of the molecule is C[C@H]1CC[C@@H](Nc2nc(NCCc3ncon3)ncc2C#N)CC1(C)C. The molecule has 138 valence electrons. The van der Waals surface area contributed by atoms with Crippen molar-refractivity contribution in [2.75, 3.05) is 17.2 Å². The van der Waals surface area contributed by atoms with Gasteiger partial charge < -0.3 is 15.2 Å². The smallest absolute Gasteiger partial charge is 0.224 e. The van der Waals surface area contributed by atoms with Crippen molar-refractivity contribution < 1.29 is 4.52 Å². The predicted molar refractivity (Wildman–Crippen MR) is 97.4 cm³/mol. The maximum absolute atomic E-state index is 9.37. The lowest BCUT2D eigenvalue weighted by Gasteiger charge is -2.41. The zero-order chi connectivity index (χ0) is 18.6. The van der Waals surface area contributed by atoms with Gasteiger partial charge in [0, 0.05) is 19.0 Å². The molecular formula is C18H25N7O. The molecule has 2 aromatic rings. The Labute approximate surface area is 153 Å². The molecule has 26 heavy (non-hydrogen) atoms. The number of nitriles is 1. The zero-order valence-electron chi connectivity index (χ0n) is 15.5. The molecule has 0 aromatic carbocycles. The number of hydrogen-bond donors (Lipinski definition) is 2. The normalized spacial score (nSPS) is 21.8. The van der Waals surface area contributed by atoms with Crippen molar-refractivity contribution in [1.29, 1.82) is 5.26 Å². The Morgan fingerprint density at radius 1 is 1.35 bits per heavy atom. The Bertz CT molecular complexity index is 766. The van der Waals surface area contributed by atoms with E-state index >= 15 is 0 Å². The molecule has 3 rings (SSSR count). The van der Waals surface area contributed by atoms with E-state index in [-0.39, 0.29) is 5.41 Å². The van der Waals surface area contributed by atoms with Crippen molar-refractivity contribution in [2.45, 2.75) is 52.5 Å². The van der Waals surface area contributed by atoms with Gasteiger partial charge in [-0.3, -0.25) is 0 Å². The molecule has 1 fully saturated rings. The Morgan fingerprint density at radius 3 is 2.88 bits per heavy atom. The summed E-state index contributed by atoms with van der Waals surface area (Å²) in [7, 11) is 0. The molecule has 2 aromatic heterocycles. The molecule has 1 aliphatic rings. The minimum atomic E-state index is 0.279. The van der Waals surface area contributed by atoms with Crippen LogP contribution in [0.25, 0.3) is 0 Å². The highest BCUT2D eigenvalue weighted by Crippen LogP contribution is 2.41. The van der Waals surface area contributed by atoms with Crippen LogP contribution < -0.4 is 10.6 Å². The van der Waals surface area contributed by atoms with E-state index in [1.807, 2.05) is 0 Å². The first-order valence-electron chi connectivity index (χ1n) is 9.01. The molecule has 0 radical (unpaired) electrons. The van der Waals surface area contributed by atoms with Gasteiger partial charge in [0.05, 0.1) is 6.20 Å². The molecule has 0 saturated heterocycles. The highest BCUT2D eigenvalue weighted by molar-refractivity contribution is 5.54. The summed E-state index contributed by atoms with van der Waals surface area (Å²) >= 11 is 0. The summed E-state index contributed by atoms with van der Waals surface area (Å²) in [6, 6.07) is 2.49. The maximum atomic E-state index is 9.37. The van der Waals surface area contributed by atoms with Crippen LogP contribution in [0.5, 0.6) is 0 Å². The standard InChI is InChI=1S/C18H25N7O/c1-12-4-5-14(8-18(12,2)3)23-16-13(9-19)10-21-17(24-16)20-7-6-15-22-11-26-25-15/h10-12,14H,4-8H2,1-3H3,(H2,20,21,23,24)/t12-,14+/m0/s1. The second kappa shape index (κ2) is 7.68. The summed E-state index contributed by atoms with van der Waals surface area (Å²) < 4.78 is 4.71. The molecule has 0 unspecified atom stereocenters. The molecule has 0 spiro atoms. The lowest BCUT2D eigenvalue weighted by atomic mass is 9.68. The van der Waals surface area contributed by atoms with Crippen LogP contribution in [0.4, 0.5) is 11.8 Å². The minimum Gasteiger partial charge on any atom is -0.366 e. The van der Waals surface area contributed by atoms with Crippen LogP contribution >= 0.6 is 0 Å². The molecule has 2 heterocycles. The number of aromatic nitrogens is 4. The second-order valence-electron chi connectivity index (χ2n) is 7.60. The Morgan fingerprint density at radius 2 is 2.19 bits per heavy atom. The van der Waals surface area contributed by atoms with E-state index in [2.05, 4.69) is 57.6 Å². The minimum absolute atomic E-state index is 0.279. The number of nitrogens with one attached hydrogen (secondary N) is 2. The largest absolute Gasteiger partial charge is 0.366 e. The fourth-order valence-corrected chi connectivity index (χ4v) is 3.34. The highest BCUT2D eigenvalue weighted by atomic mass is 16.5. The summed E-state index contributed by atoms with van der Waals surface area (Å²) in [5.74, 6) is 2.41. The first-order valence-corrected chi connectivity index (χ1v) is 9.01. The molecule has 0 amide bonds. The molecule has 2 atom stereocenters. The summed E-state index contributed by atoms with van der Waals surface area (Å²) in [4.78, 5) is 12.7. The third-order valence-electron chi connectivity index (χ3n) is 5.34. The van der Waals surface area contributed by atoms with E-state index in [4.69, 9.17) is 4.52 Å². The van der Waals surface area contributed by atoms with Gasteiger partial charge in [-0.1, -0.05) is 25.9 Å². The van der Waals surface area contributed by atoms with Gasteiger partial charge in [-0.2, -0.15) is 15.2 Å². The Kier molecular flexibility index (Phi) is 5.35. The summed E-state index contributed by atoms with van der Waals surface area (Å²) in [5.41, 5.74) is 0.742. The van der Waals surface area contributed by atoms with E-state index in [0.717, 1.165) is 12.8 Å². The Hall–Kier alpha value is -2.69. The van der Waals surface area contributed by atoms with Gasteiger partial charge in [0.15, 0.2) is 5.82 Å². The molecule has 8 heteroatoms. The van der Waals surface area contributed by atoms with Crippen LogP contribution in [0.15, 0.2) is 17.1 Å². The number of nitrogens with zero attached hydrogens (tertiary/aromatic N) is 5. The second-order valence-corrected chi connectivity index (χ2v) is 7.60. The Balaban J connectivity index is 1.65. The van der Waals surface area contributed by atoms with E-state index in [1.165, 1.54) is 12.8 Å². The molecule has 2 N–H and O–H groups in total. The zero-order valence-corrected chi connectivity index (χ0v) is 15.5. The van der Waals surface area contributed by atoms with Crippen molar-refractivity contribution in [1.82, 2.24) is 20.1 Å². The van der Waals surface area contributed by atoms with Crippen molar-refractivity contribution in [3.8, 4) is 6.07 Å². The third-order valence-corrected chi connectivity index (χ3v) is 5.34. The van der Waals surface area contributed by atoms with Crippen LogP contribution in [-0.4, -0.2) is 32.7 Å². The highest BCUT2D eigenvalue weighted by Gasteiger charge is 2.34. The first kappa shape index (κ1) is 18.1. The van der Waals surface area contributed by atoms with Gasteiger partial charge in [-0.15, -0.1) is 0 Å². The van der Waals surface area contributed by atoms with Crippen molar-refractivity contribution in [3.63, 3.8) is 0 Å². The van der Waals surface area contributed by atoms with E-state index in [9.17, 15) is 5.26 Å².